The van der Waals surface area contributed by atoms with Gasteiger partial charge in [-0.25, -0.2) is 18.4 Å². The van der Waals surface area contributed by atoms with Gasteiger partial charge in [-0.2, -0.15) is 0 Å². The number of nitrogens with one attached hydrogen (secondary N) is 2. The maximum absolute atomic E-state index is 12.3. The summed E-state index contributed by atoms with van der Waals surface area (Å²) in [6.07, 6.45) is 5.13. The molecule has 7 nitrogen and oxygen atoms in total. The summed E-state index contributed by atoms with van der Waals surface area (Å²) < 4.78 is 23.0. The maximum atomic E-state index is 12.3. The van der Waals surface area contributed by atoms with E-state index in [2.05, 4.69) is 46.6 Å². The Morgan fingerprint density at radius 1 is 1.15 bits per heavy atom. The molecule has 27 heavy (non-hydrogen) atoms. The Labute approximate surface area is 159 Å². The first-order valence-electron chi connectivity index (χ1n) is 9.13. The van der Waals surface area contributed by atoms with Crippen LogP contribution in [0.5, 0.6) is 0 Å². The molecule has 1 unspecified atom stereocenters. The van der Waals surface area contributed by atoms with Gasteiger partial charge in [-0.1, -0.05) is 32.0 Å². The monoisotopic (exact) mass is 388 g/mol. The van der Waals surface area contributed by atoms with Crippen molar-refractivity contribution in [3.63, 3.8) is 0 Å². The Morgan fingerprint density at radius 3 is 2.30 bits per heavy atom. The zero-order valence-corrected chi connectivity index (χ0v) is 16.3. The molecule has 0 spiro atoms. The first kappa shape index (κ1) is 19.3. The molecule has 1 aromatic heterocycles. The number of carbonyl (C=O) groups excluding carboxylic acids is 1. The molecule has 2 N–H and O–H groups in total. The van der Waals surface area contributed by atoms with Crippen LogP contribution in [0.3, 0.4) is 0 Å². The molecule has 1 amide bonds. The minimum absolute atomic E-state index is 0.00711. The van der Waals surface area contributed by atoms with Crippen molar-refractivity contribution in [1.29, 1.82) is 0 Å². The summed E-state index contributed by atoms with van der Waals surface area (Å²) >= 11 is 0. The third-order valence-electron chi connectivity index (χ3n) is 4.72. The molecule has 0 bridgehead atoms. The lowest BCUT2D eigenvalue weighted by molar-refractivity contribution is 0.0940. The van der Waals surface area contributed by atoms with Crippen molar-refractivity contribution >= 4 is 27.4 Å². The number of rotatable bonds is 6. The Balaban J connectivity index is 1.70. The third kappa shape index (κ3) is 4.63. The highest BCUT2D eigenvalue weighted by molar-refractivity contribution is 7.91. The standard InChI is InChI=1S/C19H24N4O3S/c1-3-13-6-5-7-14(4-2)17(13)23-19-20-10-15(11-21-19)18(24)22-16-8-9-27(25,26)12-16/h5-7,10-11,16H,3-4,8-9,12H2,1-2H3,(H,22,24)(H,20,21,23). The van der Waals surface area contributed by atoms with Crippen molar-refractivity contribution in [2.24, 2.45) is 0 Å². The molecule has 1 aliphatic rings. The molecular formula is C19H24N4O3S. The van der Waals surface area contributed by atoms with Crippen LogP contribution in [0.25, 0.3) is 0 Å². The number of carbonyl (C=O) groups is 1. The lowest BCUT2D eigenvalue weighted by atomic mass is 10.0. The van der Waals surface area contributed by atoms with E-state index in [4.69, 9.17) is 0 Å². The molecule has 1 aromatic carbocycles. The Morgan fingerprint density at radius 2 is 1.78 bits per heavy atom. The molecule has 1 aliphatic heterocycles. The number of benzene rings is 1. The molecule has 2 heterocycles. The van der Waals surface area contributed by atoms with Crippen LogP contribution in [0.15, 0.2) is 30.6 Å². The summed E-state index contributed by atoms with van der Waals surface area (Å²) in [6.45, 7) is 4.19. The third-order valence-corrected chi connectivity index (χ3v) is 6.49. The van der Waals surface area contributed by atoms with Gasteiger partial charge in [0, 0.05) is 24.1 Å². The van der Waals surface area contributed by atoms with E-state index in [-0.39, 0.29) is 23.5 Å². The summed E-state index contributed by atoms with van der Waals surface area (Å²) in [5.41, 5.74) is 3.68. The zero-order chi connectivity index (χ0) is 19.4. The second kappa shape index (κ2) is 8.04. The lowest BCUT2D eigenvalue weighted by Crippen LogP contribution is -2.35. The number of para-hydroxylation sites is 1. The highest BCUT2D eigenvalue weighted by atomic mass is 32.2. The summed E-state index contributed by atoms with van der Waals surface area (Å²) in [5, 5.41) is 6.00. The summed E-state index contributed by atoms with van der Waals surface area (Å²) in [4.78, 5) is 20.8. The lowest BCUT2D eigenvalue weighted by Gasteiger charge is -2.14. The second-order valence-electron chi connectivity index (χ2n) is 6.65. The van der Waals surface area contributed by atoms with E-state index in [1.165, 1.54) is 23.5 Å². The molecule has 0 saturated carbocycles. The summed E-state index contributed by atoms with van der Waals surface area (Å²) in [5.74, 6) is 0.179. The fourth-order valence-corrected chi connectivity index (χ4v) is 4.88. The van der Waals surface area contributed by atoms with E-state index in [9.17, 15) is 13.2 Å². The molecule has 0 radical (unpaired) electrons. The van der Waals surface area contributed by atoms with Gasteiger partial charge in [0.1, 0.15) is 0 Å². The molecule has 8 heteroatoms. The van der Waals surface area contributed by atoms with E-state index < -0.39 is 9.84 Å². The fourth-order valence-electron chi connectivity index (χ4n) is 3.20. The van der Waals surface area contributed by atoms with Crippen molar-refractivity contribution in [3.05, 3.63) is 47.3 Å². The van der Waals surface area contributed by atoms with Crippen LogP contribution in [0, 0.1) is 0 Å². The van der Waals surface area contributed by atoms with Crippen molar-refractivity contribution in [3.8, 4) is 0 Å². The number of hydrogen-bond donors (Lipinski definition) is 2. The SMILES string of the molecule is CCc1cccc(CC)c1Nc1ncc(C(=O)NC2CCS(=O)(=O)C2)cn1. The van der Waals surface area contributed by atoms with E-state index in [0.717, 1.165) is 18.5 Å². The molecule has 2 aromatic rings. The number of anilines is 2. The number of hydrogen-bond acceptors (Lipinski definition) is 6. The van der Waals surface area contributed by atoms with E-state index in [0.29, 0.717) is 17.9 Å². The molecule has 144 valence electrons. The van der Waals surface area contributed by atoms with Crippen molar-refractivity contribution in [1.82, 2.24) is 15.3 Å². The molecule has 1 atom stereocenters. The molecule has 1 saturated heterocycles. The van der Waals surface area contributed by atoms with Gasteiger partial charge in [-0.15, -0.1) is 0 Å². The number of aryl methyl sites for hydroxylation is 2. The Bertz CT molecular complexity index is 904. The average molecular weight is 388 g/mol. The Kier molecular flexibility index (Phi) is 5.74. The first-order valence-corrected chi connectivity index (χ1v) is 10.9. The van der Waals surface area contributed by atoms with Gasteiger partial charge in [0.05, 0.1) is 17.1 Å². The van der Waals surface area contributed by atoms with Gasteiger partial charge >= 0.3 is 0 Å². The normalized spacial score (nSPS) is 18.2. The van der Waals surface area contributed by atoms with Crippen LogP contribution in [-0.4, -0.2) is 41.8 Å². The molecule has 1 fully saturated rings. The quantitative estimate of drug-likeness (QED) is 0.787. The van der Waals surface area contributed by atoms with E-state index >= 15 is 0 Å². The topological polar surface area (TPSA) is 101 Å². The van der Waals surface area contributed by atoms with Gasteiger partial charge in [0.15, 0.2) is 9.84 Å². The Hall–Kier alpha value is -2.48. The van der Waals surface area contributed by atoms with Gasteiger partial charge in [-0.05, 0) is 30.4 Å². The minimum Gasteiger partial charge on any atom is -0.348 e. The number of amides is 1. The van der Waals surface area contributed by atoms with Crippen LogP contribution < -0.4 is 10.6 Å². The zero-order valence-electron chi connectivity index (χ0n) is 15.5. The number of nitrogens with zero attached hydrogens (tertiary/aromatic N) is 2. The van der Waals surface area contributed by atoms with Gasteiger partial charge in [0.2, 0.25) is 5.95 Å². The van der Waals surface area contributed by atoms with Crippen LogP contribution in [-0.2, 0) is 22.7 Å². The smallest absolute Gasteiger partial charge is 0.254 e. The minimum atomic E-state index is -3.03. The predicted molar refractivity (Wildman–Crippen MR) is 105 cm³/mol. The first-order chi connectivity index (χ1) is 12.9. The highest BCUT2D eigenvalue weighted by Gasteiger charge is 2.29. The maximum Gasteiger partial charge on any atom is 0.254 e. The van der Waals surface area contributed by atoms with Crippen LogP contribution in [0.2, 0.25) is 0 Å². The van der Waals surface area contributed by atoms with Gasteiger partial charge in [-0.3, -0.25) is 4.79 Å². The highest BCUT2D eigenvalue weighted by Crippen LogP contribution is 2.25. The summed E-state index contributed by atoms with van der Waals surface area (Å²) in [7, 11) is -3.03. The predicted octanol–water partition coefficient (Wildman–Crippen LogP) is 2.26. The summed E-state index contributed by atoms with van der Waals surface area (Å²) in [6, 6.07) is 5.84. The van der Waals surface area contributed by atoms with Crippen molar-refractivity contribution in [2.45, 2.75) is 39.2 Å². The van der Waals surface area contributed by atoms with E-state index in [1.54, 1.807) is 0 Å². The average Bonchev–Trinajstić information content (AvgIpc) is 3.00. The number of sulfone groups is 1. The second-order valence-corrected chi connectivity index (χ2v) is 8.88. The van der Waals surface area contributed by atoms with Crippen molar-refractivity contribution < 1.29 is 13.2 Å². The fraction of sp³-hybridized carbons (Fsp3) is 0.421. The molecule has 3 rings (SSSR count). The van der Waals surface area contributed by atoms with Crippen LogP contribution >= 0.6 is 0 Å². The van der Waals surface area contributed by atoms with Gasteiger partial charge < -0.3 is 10.6 Å². The van der Waals surface area contributed by atoms with E-state index in [1.807, 2.05) is 6.07 Å². The van der Waals surface area contributed by atoms with Crippen LogP contribution in [0.1, 0.15) is 41.8 Å². The van der Waals surface area contributed by atoms with Crippen molar-refractivity contribution in [2.75, 3.05) is 16.8 Å². The largest absolute Gasteiger partial charge is 0.348 e. The van der Waals surface area contributed by atoms with Crippen LogP contribution in [0.4, 0.5) is 11.6 Å². The molecule has 0 aliphatic carbocycles. The van der Waals surface area contributed by atoms with Gasteiger partial charge in [0.25, 0.3) is 5.91 Å². The number of aromatic nitrogens is 2. The molecular weight excluding hydrogens is 364 g/mol.